The molecule has 1 aromatic heterocycles. The summed E-state index contributed by atoms with van der Waals surface area (Å²) in [6.45, 7) is 1.96. The molecular weight excluding hydrogens is 434 g/mol. The molecule has 0 saturated carbocycles. The molecule has 2 aliphatic heterocycles. The van der Waals surface area contributed by atoms with E-state index in [-0.39, 0.29) is 17.2 Å². The van der Waals surface area contributed by atoms with Crippen LogP contribution in [0.4, 0.5) is 11.4 Å². The number of hydrogen-bond acceptors (Lipinski definition) is 6. The van der Waals surface area contributed by atoms with Gasteiger partial charge in [-0.3, -0.25) is 24.3 Å². The Morgan fingerprint density at radius 1 is 1.12 bits per heavy atom. The number of benzene rings is 2. The molecule has 1 fully saturated rings. The Morgan fingerprint density at radius 3 is 2.62 bits per heavy atom. The van der Waals surface area contributed by atoms with Gasteiger partial charge >= 0.3 is 0 Å². The van der Waals surface area contributed by atoms with E-state index in [0.717, 1.165) is 11.3 Å². The van der Waals surface area contributed by atoms with Crippen molar-refractivity contribution in [2.75, 3.05) is 16.8 Å². The number of nitrogens with zero attached hydrogens (tertiary/aromatic N) is 2. The average Bonchev–Trinajstić information content (AvgIpc) is 3.41. The summed E-state index contributed by atoms with van der Waals surface area (Å²) in [4.78, 5) is 43.5. The maximum absolute atomic E-state index is 13.2. The van der Waals surface area contributed by atoms with Crippen molar-refractivity contribution in [1.29, 1.82) is 0 Å². The van der Waals surface area contributed by atoms with Gasteiger partial charge in [0.2, 0.25) is 5.91 Å². The molecule has 0 spiro atoms. The number of nitrogens with one attached hydrogen (secondary N) is 1. The molecule has 170 valence electrons. The van der Waals surface area contributed by atoms with E-state index >= 15 is 0 Å². The number of carbonyl (C=O) groups is 3. The first-order chi connectivity index (χ1) is 16.4. The van der Waals surface area contributed by atoms with E-state index in [1.807, 2.05) is 0 Å². The van der Waals surface area contributed by atoms with Gasteiger partial charge in [-0.1, -0.05) is 6.07 Å². The molecule has 3 aromatic rings. The molecular formula is C26H21N3O5. The van der Waals surface area contributed by atoms with Crippen LogP contribution in [0.3, 0.4) is 0 Å². The highest BCUT2D eigenvalue weighted by Gasteiger charge is 2.47. The predicted octanol–water partition coefficient (Wildman–Crippen LogP) is 3.60. The van der Waals surface area contributed by atoms with Crippen LogP contribution in [0.5, 0.6) is 5.75 Å². The fourth-order valence-corrected chi connectivity index (χ4v) is 4.31. The number of aliphatic hydroxyl groups excluding tert-OH is 1. The maximum atomic E-state index is 13.2. The Bertz CT molecular complexity index is 1330. The lowest BCUT2D eigenvalue weighted by Gasteiger charge is -2.24. The minimum atomic E-state index is -0.919. The number of hydrogen-bond donors (Lipinski definition) is 2. The number of ketones is 1. The van der Waals surface area contributed by atoms with Gasteiger partial charge in [0.1, 0.15) is 17.6 Å². The lowest BCUT2D eigenvalue weighted by atomic mass is 9.97. The second-order valence-electron chi connectivity index (χ2n) is 8.07. The molecule has 2 amide bonds. The summed E-state index contributed by atoms with van der Waals surface area (Å²) in [6, 6.07) is 16.1. The van der Waals surface area contributed by atoms with E-state index in [1.165, 1.54) is 11.8 Å². The number of amides is 2. The minimum absolute atomic E-state index is 0.0338. The van der Waals surface area contributed by atoms with Gasteiger partial charge in [-0.25, -0.2) is 0 Å². The van der Waals surface area contributed by atoms with Crippen LogP contribution in [-0.2, 0) is 20.8 Å². The van der Waals surface area contributed by atoms with E-state index in [9.17, 15) is 19.5 Å². The van der Waals surface area contributed by atoms with Gasteiger partial charge in [-0.05, 0) is 60.2 Å². The molecule has 8 nitrogen and oxygen atoms in total. The zero-order valence-electron chi connectivity index (χ0n) is 18.3. The summed E-state index contributed by atoms with van der Waals surface area (Å²) in [7, 11) is 0. The van der Waals surface area contributed by atoms with Gasteiger partial charge in [0.25, 0.3) is 11.7 Å². The molecule has 0 aliphatic carbocycles. The van der Waals surface area contributed by atoms with Crippen molar-refractivity contribution < 1.29 is 24.2 Å². The van der Waals surface area contributed by atoms with Crippen LogP contribution in [0.15, 0.2) is 72.4 Å². The van der Waals surface area contributed by atoms with E-state index in [0.29, 0.717) is 35.7 Å². The Kier molecular flexibility index (Phi) is 5.33. The number of pyridine rings is 1. The van der Waals surface area contributed by atoms with E-state index < -0.39 is 17.7 Å². The molecule has 8 heteroatoms. The summed E-state index contributed by atoms with van der Waals surface area (Å²) in [5.74, 6) is -1.30. The standard InChI is InChI=1S/C26H21N3O5/c1-15(30)28-18-6-8-19(9-7-18)29-23(20-4-2-3-12-27-20)22(25(32)26(29)33)24(31)17-5-10-21-16(14-17)11-13-34-21/h2-10,12,14,23,31H,11,13H2,1H3,(H,28,30)/b24-22-. The number of fused-ring (bicyclic) bond motifs is 1. The van der Waals surface area contributed by atoms with Gasteiger partial charge in [-0.2, -0.15) is 0 Å². The molecule has 1 atom stereocenters. The van der Waals surface area contributed by atoms with E-state index in [2.05, 4.69) is 10.3 Å². The fourth-order valence-electron chi connectivity index (χ4n) is 4.31. The first-order valence-electron chi connectivity index (χ1n) is 10.8. The number of ether oxygens (including phenoxy) is 1. The highest BCUT2D eigenvalue weighted by atomic mass is 16.5. The van der Waals surface area contributed by atoms with Gasteiger partial charge < -0.3 is 15.2 Å². The lowest BCUT2D eigenvalue weighted by molar-refractivity contribution is -0.132. The third-order valence-corrected chi connectivity index (χ3v) is 5.84. The molecule has 2 aliphatic rings. The quantitative estimate of drug-likeness (QED) is 0.354. The zero-order valence-corrected chi connectivity index (χ0v) is 18.3. The summed E-state index contributed by atoms with van der Waals surface area (Å²) < 4.78 is 5.53. The fraction of sp³-hybridized carbons (Fsp3) is 0.154. The van der Waals surface area contributed by atoms with Crippen LogP contribution in [0, 0.1) is 0 Å². The molecule has 0 radical (unpaired) electrons. The average molecular weight is 455 g/mol. The number of anilines is 2. The highest BCUT2D eigenvalue weighted by molar-refractivity contribution is 6.51. The Labute approximate surface area is 195 Å². The van der Waals surface area contributed by atoms with Crippen LogP contribution < -0.4 is 15.0 Å². The molecule has 3 heterocycles. The molecule has 34 heavy (non-hydrogen) atoms. The van der Waals surface area contributed by atoms with Crippen molar-refractivity contribution in [3.63, 3.8) is 0 Å². The van der Waals surface area contributed by atoms with Crippen molar-refractivity contribution in [2.24, 2.45) is 0 Å². The minimum Gasteiger partial charge on any atom is -0.507 e. The van der Waals surface area contributed by atoms with Gasteiger partial charge in [0, 0.05) is 36.5 Å². The third-order valence-electron chi connectivity index (χ3n) is 5.84. The number of rotatable bonds is 4. The molecule has 5 rings (SSSR count). The van der Waals surface area contributed by atoms with Crippen molar-refractivity contribution in [2.45, 2.75) is 19.4 Å². The highest BCUT2D eigenvalue weighted by Crippen LogP contribution is 2.42. The number of carbonyl (C=O) groups excluding carboxylic acids is 3. The normalized spacial score (nSPS) is 18.5. The van der Waals surface area contributed by atoms with Crippen LogP contribution in [0.1, 0.15) is 29.8 Å². The Balaban J connectivity index is 1.63. The first kappa shape index (κ1) is 21.4. The number of Topliss-reactive ketones (excluding diaryl/α,β-unsaturated/α-hetero) is 1. The smallest absolute Gasteiger partial charge is 0.300 e. The zero-order chi connectivity index (χ0) is 23.8. The van der Waals surface area contributed by atoms with Crippen LogP contribution in [0.25, 0.3) is 5.76 Å². The largest absolute Gasteiger partial charge is 0.507 e. The van der Waals surface area contributed by atoms with Crippen molar-refractivity contribution >= 4 is 34.7 Å². The first-order valence-corrected chi connectivity index (χ1v) is 10.8. The molecule has 1 saturated heterocycles. The Morgan fingerprint density at radius 2 is 1.91 bits per heavy atom. The van der Waals surface area contributed by atoms with Gasteiger partial charge in [0.15, 0.2) is 0 Å². The summed E-state index contributed by atoms with van der Waals surface area (Å²) in [5, 5.41) is 13.9. The Hall–Kier alpha value is -4.46. The molecule has 0 bridgehead atoms. The van der Waals surface area contributed by atoms with Gasteiger partial charge in [0.05, 0.1) is 17.9 Å². The second-order valence-corrected chi connectivity index (χ2v) is 8.07. The van der Waals surface area contributed by atoms with Crippen molar-refractivity contribution in [1.82, 2.24) is 4.98 Å². The van der Waals surface area contributed by atoms with Crippen LogP contribution in [-0.4, -0.2) is 34.3 Å². The van der Waals surface area contributed by atoms with Crippen LogP contribution >= 0.6 is 0 Å². The molecule has 1 unspecified atom stereocenters. The van der Waals surface area contributed by atoms with Crippen LogP contribution in [0.2, 0.25) is 0 Å². The summed E-state index contributed by atoms with van der Waals surface area (Å²) in [6.07, 6.45) is 2.27. The summed E-state index contributed by atoms with van der Waals surface area (Å²) in [5.41, 5.74) is 2.77. The number of aromatic nitrogens is 1. The topological polar surface area (TPSA) is 109 Å². The molecule has 2 aromatic carbocycles. The second kappa shape index (κ2) is 8.47. The number of aliphatic hydroxyl groups is 1. The monoisotopic (exact) mass is 455 g/mol. The van der Waals surface area contributed by atoms with Gasteiger partial charge in [-0.15, -0.1) is 0 Å². The predicted molar refractivity (Wildman–Crippen MR) is 125 cm³/mol. The third kappa shape index (κ3) is 3.69. The van der Waals surface area contributed by atoms with E-state index in [4.69, 9.17) is 4.74 Å². The van der Waals surface area contributed by atoms with Crippen molar-refractivity contribution in [3.8, 4) is 5.75 Å². The van der Waals surface area contributed by atoms with E-state index in [1.54, 1.807) is 66.9 Å². The SMILES string of the molecule is CC(=O)Nc1ccc(N2C(=O)C(=O)/C(=C(\O)c3ccc4c(c3)CCO4)C2c2ccccn2)cc1. The molecule has 2 N–H and O–H groups in total. The summed E-state index contributed by atoms with van der Waals surface area (Å²) >= 11 is 0. The van der Waals surface area contributed by atoms with Crippen molar-refractivity contribution in [3.05, 3.63) is 89.3 Å². The lowest BCUT2D eigenvalue weighted by Crippen LogP contribution is -2.29. The maximum Gasteiger partial charge on any atom is 0.300 e.